The van der Waals surface area contributed by atoms with Gasteiger partial charge in [0, 0.05) is 13.7 Å². The zero-order valence-electron chi connectivity index (χ0n) is 10.8. The van der Waals surface area contributed by atoms with Crippen LogP contribution < -0.4 is 15.8 Å². The molecule has 0 heterocycles. The number of ether oxygens (including phenoxy) is 2. The summed E-state index contributed by atoms with van der Waals surface area (Å²) in [6.07, 6.45) is 0.759. The van der Waals surface area contributed by atoms with E-state index in [9.17, 15) is 4.79 Å². The molecule has 1 aromatic rings. The third kappa shape index (κ3) is 4.73. The molecular weight excluding hydrogens is 232 g/mol. The topological polar surface area (TPSA) is 73.6 Å². The minimum atomic E-state index is -0.606. The molecule has 3 N–H and O–H groups in total. The predicted molar refractivity (Wildman–Crippen MR) is 69.6 cm³/mol. The lowest BCUT2D eigenvalue weighted by molar-refractivity contribution is -0.123. The van der Waals surface area contributed by atoms with E-state index in [1.54, 1.807) is 7.11 Å². The molecule has 0 aromatic heterocycles. The van der Waals surface area contributed by atoms with E-state index in [-0.39, 0.29) is 12.5 Å². The molecule has 0 fully saturated rings. The van der Waals surface area contributed by atoms with Crippen LogP contribution in [0.25, 0.3) is 0 Å². The summed E-state index contributed by atoms with van der Waals surface area (Å²) < 4.78 is 9.89. The van der Waals surface area contributed by atoms with Gasteiger partial charge in [0.25, 0.3) is 0 Å². The first-order valence-electron chi connectivity index (χ1n) is 5.82. The van der Waals surface area contributed by atoms with Crippen molar-refractivity contribution in [3.05, 3.63) is 29.8 Å². The lowest BCUT2D eigenvalue weighted by Gasteiger charge is -2.11. The number of carbonyl (C=O) groups is 1. The Morgan fingerprint density at radius 2 is 2.00 bits per heavy atom. The summed E-state index contributed by atoms with van der Waals surface area (Å²) >= 11 is 0. The van der Waals surface area contributed by atoms with Gasteiger partial charge >= 0.3 is 0 Å². The first-order valence-corrected chi connectivity index (χ1v) is 5.82. The highest BCUT2D eigenvalue weighted by molar-refractivity contribution is 5.81. The van der Waals surface area contributed by atoms with Crippen LogP contribution in [0.1, 0.15) is 5.56 Å². The van der Waals surface area contributed by atoms with E-state index < -0.39 is 6.04 Å². The van der Waals surface area contributed by atoms with Gasteiger partial charge < -0.3 is 20.5 Å². The molecule has 1 unspecified atom stereocenters. The van der Waals surface area contributed by atoms with Crippen LogP contribution in [0.15, 0.2) is 24.3 Å². The van der Waals surface area contributed by atoms with Crippen molar-refractivity contribution < 1.29 is 14.3 Å². The van der Waals surface area contributed by atoms with Crippen molar-refractivity contribution in [2.45, 2.75) is 12.5 Å². The molecule has 1 amide bonds. The number of hydrogen-bond donors (Lipinski definition) is 2. The Hall–Kier alpha value is -1.59. The second kappa shape index (κ2) is 7.68. The molecule has 1 aromatic carbocycles. The van der Waals surface area contributed by atoms with Crippen molar-refractivity contribution in [3.8, 4) is 5.75 Å². The second-order valence-corrected chi connectivity index (χ2v) is 3.95. The van der Waals surface area contributed by atoms with Crippen molar-refractivity contribution in [2.24, 2.45) is 5.73 Å². The highest BCUT2D eigenvalue weighted by Crippen LogP contribution is 2.11. The van der Waals surface area contributed by atoms with Gasteiger partial charge in [0.05, 0.1) is 13.7 Å². The number of benzene rings is 1. The number of nitrogens with two attached hydrogens (primary N) is 1. The molecule has 0 saturated heterocycles. The lowest BCUT2D eigenvalue weighted by atomic mass is 10.1. The number of rotatable bonds is 7. The van der Waals surface area contributed by atoms with Gasteiger partial charge in [-0.3, -0.25) is 4.79 Å². The minimum absolute atomic E-state index is 0.189. The molecule has 0 saturated carbocycles. The number of amides is 1. The van der Waals surface area contributed by atoms with Crippen molar-refractivity contribution in [2.75, 3.05) is 27.4 Å². The minimum Gasteiger partial charge on any atom is -0.497 e. The van der Waals surface area contributed by atoms with Crippen LogP contribution in [0.2, 0.25) is 0 Å². The zero-order chi connectivity index (χ0) is 13.4. The summed E-state index contributed by atoms with van der Waals surface area (Å²) in [7, 11) is 3.15. The van der Waals surface area contributed by atoms with Gasteiger partial charge in [0.1, 0.15) is 11.8 Å². The summed E-state index contributed by atoms with van der Waals surface area (Å²) in [5, 5.41) is 2.77. The molecule has 1 rings (SSSR count). The number of nitrogens with one attached hydrogen (secondary N) is 1. The Balaban J connectivity index is 2.30. The van der Waals surface area contributed by atoms with E-state index in [1.807, 2.05) is 24.3 Å². The summed E-state index contributed by atoms with van der Waals surface area (Å²) in [5.74, 6) is 0.635. The molecule has 0 bridgehead atoms. The Morgan fingerprint density at radius 1 is 1.33 bits per heavy atom. The maximum atomic E-state index is 11.5. The highest BCUT2D eigenvalue weighted by atomic mass is 16.5. The summed E-state index contributed by atoms with van der Waals surface area (Å²) in [6, 6.07) is 7.13. The fourth-order valence-corrected chi connectivity index (χ4v) is 1.51. The van der Waals surface area contributed by atoms with Gasteiger partial charge in [-0.05, 0) is 24.1 Å². The molecule has 18 heavy (non-hydrogen) atoms. The van der Waals surface area contributed by atoms with Crippen molar-refractivity contribution in [3.63, 3.8) is 0 Å². The van der Waals surface area contributed by atoms with Crippen LogP contribution >= 0.6 is 0 Å². The number of methoxy groups -OCH3 is 2. The molecule has 0 radical (unpaired) electrons. The highest BCUT2D eigenvalue weighted by Gasteiger charge is 2.11. The summed E-state index contributed by atoms with van der Waals surface area (Å²) in [5.41, 5.74) is 6.73. The van der Waals surface area contributed by atoms with Crippen LogP contribution in [0.5, 0.6) is 5.75 Å². The van der Waals surface area contributed by atoms with Crippen LogP contribution in [0.4, 0.5) is 0 Å². The lowest BCUT2D eigenvalue weighted by Crippen LogP contribution is -2.44. The molecule has 5 nitrogen and oxygen atoms in total. The van der Waals surface area contributed by atoms with Crippen LogP contribution in [-0.2, 0) is 16.0 Å². The Morgan fingerprint density at radius 3 is 2.56 bits per heavy atom. The maximum absolute atomic E-state index is 11.5. The first kappa shape index (κ1) is 14.5. The van der Waals surface area contributed by atoms with E-state index in [0.29, 0.717) is 6.54 Å². The monoisotopic (exact) mass is 252 g/mol. The molecule has 0 aliphatic heterocycles. The van der Waals surface area contributed by atoms with E-state index in [4.69, 9.17) is 15.2 Å². The molecule has 0 aliphatic carbocycles. The Kier molecular flexibility index (Phi) is 6.18. The smallest absolute Gasteiger partial charge is 0.239 e. The quantitative estimate of drug-likeness (QED) is 0.733. The Bertz CT molecular complexity index is 365. The first-order chi connectivity index (χ1) is 8.67. The normalized spacial score (nSPS) is 11.9. The van der Waals surface area contributed by atoms with Crippen molar-refractivity contribution in [1.29, 1.82) is 0 Å². The van der Waals surface area contributed by atoms with Crippen LogP contribution in [0.3, 0.4) is 0 Å². The van der Waals surface area contributed by atoms with Crippen LogP contribution in [-0.4, -0.2) is 39.3 Å². The maximum Gasteiger partial charge on any atom is 0.239 e. The fraction of sp³-hybridized carbons (Fsp3) is 0.462. The summed E-state index contributed by atoms with van der Waals surface area (Å²) in [4.78, 5) is 11.5. The van der Waals surface area contributed by atoms with Gasteiger partial charge in [-0.15, -0.1) is 0 Å². The molecule has 0 spiro atoms. The average Bonchev–Trinajstić information content (AvgIpc) is 2.39. The van der Waals surface area contributed by atoms with Gasteiger partial charge in [0.2, 0.25) is 5.91 Å². The van der Waals surface area contributed by atoms with Crippen molar-refractivity contribution in [1.82, 2.24) is 5.32 Å². The third-order valence-electron chi connectivity index (χ3n) is 2.55. The van der Waals surface area contributed by atoms with Gasteiger partial charge in [-0.2, -0.15) is 0 Å². The molecule has 5 heteroatoms. The largest absolute Gasteiger partial charge is 0.497 e. The predicted octanol–water partition coefficient (Wildman–Crippen LogP) is 0.328. The van der Waals surface area contributed by atoms with Gasteiger partial charge in [-0.25, -0.2) is 0 Å². The van der Waals surface area contributed by atoms with Crippen LogP contribution in [0, 0.1) is 0 Å². The van der Waals surface area contributed by atoms with Crippen molar-refractivity contribution >= 4 is 5.91 Å². The second-order valence-electron chi connectivity index (χ2n) is 3.95. The molecule has 1 atom stereocenters. The van der Waals surface area contributed by atoms with Gasteiger partial charge in [0.15, 0.2) is 0 Å². The average molecular weight is 252 g/mol. The molecule has 100 valence electrons. The zero-order valence-corrected chi connectivity index (χ0v) is 10.8. The fourth-order valence-electron chi connectivity index (χ4n) is 1.51. The van der Waals surface area contributed by atoms with E-state index >= 15 is 0 Å². The molecule has 0 aliphatic rings. The van der Waals surface area contributed by atoms with E-state index in [0.717, 1.165) is 17.7 Å². The standard InChI is InChI=1S/C13H20N2O3/c1-17-9-12(14)13(16)15-8-7-10-3-5-11(18-2)6-4-10/h3-6,12H,7-9,14H2,1-2H3,(H,15,16). The Labute approximate surface area is 107 Å². The SMILES string of the molecule is COCC(N)C(=O)NCCc1ccc(OC)cc1. The number of hydrogen-bond acceptors (Lipinski definition) is 4. The van der Waals surface area contributed by atoms with E-state index in [2.05, 4.69) is 5.32 Å². The van der Waals surface area contributed by atoms with Gasteiger partial charge in [-0.1, -0.05) is 12.1 Å². The van der Waals surface area contributed by atoms with E-state index in [1.165, 1.54) is 7.11 Å². The summed E-state index contributed by atoms with van der Waals surface area (Å²) in [6.45, 7) is 0.789. The number of carbonyl (C=O) groups excluding carboxylic acids is 1. The molecular formula is C13H20N2O3. The third-order valence-corrected chi connectivity index (χ3v) is 2.55.